The summed E-state index contributed by atoms with van der Waals surface area (Å²) in [6.45, 7) is 11.3. The van der Waals surface area contributed by atoms with E-state index in [4.69, 9.17) is 10.00 Å². The van der Waals surface area contributed by atoms with E-state index in [0.29, 0.717) is 12.2 Å². The van der Waals surface area contributed by atoms with Gasteiger partial charge in [0.2, 0.25) is 0 Å². The summed E-state index contributed by atoms with van der Waals surface area (Å²) in [4.78, 5) is 10.8. The van der Waals surface area contributed by atoms with E-state index in [1.807, 2.05) is 0 Å². The third kappa shape index (κ3) is 10.7. The highest BCUT2D eigenvalue weighted by Gasteiger charge is 2.00. The van der Waals surface area contributed by atoms with Crippen LogP contribution in [0.25, 0.3) is 0 Å². The van der Waals surface area contributed by atoms with Gasteiger partial charge >= 0.3 is 5.97 Å². The van der Waals surface area contributed by atoms with Gasteiger partial charge in [0, 0.05) is 12.1 Å². The molecule has 0 aromatic carbocycles. The van der Waals surface area contributed by atoms with Crippen LogP contribution < -0.4 is 0 Å². The van der Waals surface area contributed by atoms with Gasteiger partial charge < -0.3 is 4.74 Å². The van der Waals surface area contributed by atoms with Crippen LogP contribution in [0.1, 0.15) is 33.1 Å². The van der Waals surface area contributed by atoms with Gasteiger partial charge in [-0.2, -0.15) is 0 Å². The second-order valence-corrected chi connectivity index (χ2v) is 2.62. The molecule has 0 amide bonds. The van der Waals surface area contributed by atoms with Gasteiger partial charge in [-0.05, 0) is 13.3 Å². The minimum Gasteiger partial charge on any atom is -0.462 e. The van der Waals surface area contributed by atoms with E-state index < -0.39 is 0 Å². The minimum atomic E-state index is -0.277. The smallest absolute Gasteiger partial charge is 0.333 e. The zero-order valence-electron chi connectivity index (χ0n) is 8.38. The molecule has 0 saturated carbocycles. The van der Waals surface area contributed by atoms with Crippen LogP contribution in [0.5, 0.6) is 0 Å². The van der Waals surface area contributed by atoms with Gasteiger partial charge in [0.25, 0.3) is 0 Å². The molecule has 0 atom stereocenters. The van der Waals surface area contributed by atoms with Crippen LogP contribution >= 0.6 is 0 Å². The highest BCUT2D eigenvalue weighted by molar-refractivity contribution is 5.86. The molecule has 0 aliphatic heterocycles. The van der Waals surface area contributed by atoms with E-state index >= 15 is 0 Å². The molecule has 0 radical (unpaired) electrons. The predicted octanol–water partition coefficient (Wildman–Crippen LogP) is 2.44. The highest BCUT2D eigenvalue weighted by atomic mass is 16.5. The van der Waals surface area contributed by atoms with Gasteiger partial charge in [-0.15, -0.1) is 0 Å². The summed E-state index contributed by atoms with van der Waals surface area (Å²) in [5.74, 6) is -0.277. The lowest BCUT2D eigenvalue weighted by Gasteiger charge is -2.02. The maximum Gasteiger partial charge on any atom is 0.333 e. The van der Waals surface area contributed by atoms with Gasteiger partial charge in [-0.3, -0.25) is 0 Å². The van der Waals surface area contributed by atoms with Crippen molar-refractivity contribution in [1.29, 1.82) is 5.26 Å². The molecule has 13 heavy (non-hydrogen) atoms. The molecule has 0 fully saturated rings. The molecule has 0 bridgehead atoms. The van der Waals surface area contributed by atoms with E-state index in [-0.39, 0.29) is 5.97 Å². The lowest BCUT2D eigenvalue weighted by molar-refractivity contribution is -0.139. The molecule has 0 saturated heterocycles. The van der Waals surface area contributed by atoms with Crippen molar-refractivity contribution in [3.8, 4) is 6.57 Å². The largest absolute Gasteiger partial charge is 0.462 e. The van der Waals surface area contributed by atoms with Crippen molar-refractivity contribution in [2.24, 2.45) is 0 Å². The van der Waals surface area contributed by atoms with Crippen LogP contribution in [0, 0.1) is 11.8 Å². The Morgan fingerprint density at radius 2 is 2.00 bits per heavy atom. The number of ether oxygens (including phenoxy) is 1. The van der Waals surface area contributed by atoms with Crippen molar-refractivity contribution in [2.75, 3.05) is 6.61 Å². The van der Waals surface area contributed by atoms with Crippen LogP contribution in [-0.4, -0.2) is 12.6 Å². The van der Waals surface area contributed by atoms with Crippen LogP contribution in [0.4, 0.5) is 0 Å². The minimum absolute atomic E-state index is 0.277. The fourth-order valence-corrected chi connectivity index (χ4v) is 0.640. The van der Waals surface area contributed by atoms with E-state index in [9.17, 15) is 4.79 Å². The molecule has 3 nitrogen and oxygen atoms in total. The summed E-state index contributed by atoms with van der Waals surface area (Å²) in [5.41, 5.74) is 0.474. The van der Waals surface area contributed by atoms with E-state index in [1.165, 1.54) is 0 Å². The Hall–Kier alpha value is -1.30. The molecule has 0 spiro atoms. The number of carbonyl (C=O) groups is 1. The zero-order valence-corrected chi connectivity index (χ0v) is 8.38. The Morgan fingerprint density at radius 1 is 1.46 bits per heavy atom. The average Bonchev–Trinajstić information content (AvgIpc) is 2.15. The number of carbonyl (C=O) groups excluding carboxylic acids is 1. The van der Waals surface area contributed by atoms with Crippen molar-refractivity contribution in [3.05, 3.63) is 12.2 Å². The third-order valence-corrected chi connectivity index (χ3v) is 1.33. The Kier molecular flexibility index (Phi) is 11.7. The second-order valence-electron chi connectivity index (χ2n) is 2.62. The second kappa shape index (κ2) is 10.7. The molecule has 3 heteroatoms. The zero-order chi connectivity index (χ0) is 10.7. The molecule has 0 heterocycles. The first kappa shape index (κ1) is 14.2. The molecule has 0 aromatic rings. The molecule has 0 rings (SSSR count). The number of rotatable bonds is 5. The molecule has 0 aliphatic carbocycles. The van der Waals surface area contributed by atoms with Gasteiger partial charge in [-0.1, -0.05) is 26.3 Å². The molecule has 0 aliphatic rings. The number of unbranched alkanes of at least 4 members (excludes halogenated alkanes) is 2. The highest BCUT2D eigenvalue weighted by Crippen LogP contribution is 1.97. The Balaban J connectivity index is 0. The van der Waals surface area contributed by atoms with Crippen LogP contribution in [-0.2, 0) is 9.53 Å². The summed E-state index contributed by atoms with van der Waals surface area (Å²) in [7, 11) is 0. The van der Waals surface area contributed by atoms with Crippen molar-refractivity contribution >= 4 is 5.97 Å². The standard InChI is InChI=1S/C9H16O2.CHN/c1-4-5-6-7-11-9(10)8(2)3;1-2/h2,4-7H2,1,3H3;1H. The van der Waals surface area contributed by atoms with Crippen molar-refractivity contribution < 1.29 is 9.53 Å². The summed E-state index contributed by atoms with van der Waals surface area (Å²) >= 11 is 0. The quantitative estimate of drug-likeness (QED) is 0.373. The Morgan fingerprint density at radius 3 is 2.38 bits per heavy atom. The Bertz CT molecular complexity index is 173. The molecular weight excluding hydrogens is 166 g/mol. The maximum absolute atomic E-state index is 10.8. The topological polar surface area (TPSA) is 50.1 Å². The molecule has 0 unspecified atom stereocenters. The van der Waals surface area contributed by atoms with Crippen LogP contribution in [0.15, 0.2) is 12.2 Å². The normalized spacial score (nSPS) is 8.00. The van der Waals surface area contributed by atoms with E-state index in [0.717, 1.165) is 19.3 Å². The average molecular weight is 183 g/mol. The monoisotopic (exact) mass is 183 g/mol. The van der Waals surface area contributed by atoms with E-state index in [2.05, 4.69) is 20.1 Å². The number of hydrogen-bond acceptors (Lipinski definition) is 3. The first-order valence-corrected chi connectivity index (χ1v) is 4.27. The summed E-state index contributed by atoms with van der Waals surface area (Å²) in [6, 6.07) is 0. The van der Waals surface area contributed by atoms with Crippen molar-refractivity contribution in [1.82, 2.24) is 0 Å². The van der Waals surface area contributed by atoms with Gasteiger partial charge in [0.15, 0.2) is 0 Å². The number of hydrogen-bond donors (Lipinski definition) is 0. The van der Waals surface area contributed by atoms with Crippen LogP contribution in [0.3, 0.4) is 0 Å². The molecule has 0 aromatic heterocycles. The fraction of sp³-hybridized carbons (Fsp3) is 0.600. The first-order valence-electron chi connectivity index (χ1n) is 4.27. The van der Waals surface area contributed by atoms with Gasteiger partial charge in [-0.25, -0.2) is 10.1 Å². The van der Waals surface area contributed by atoms with Crippen molar-refractivity contribution in [3.63, 3.8) is 0 Å². The molecule has 74 valence electrons. The van der Waals surface area contributed by atoms with Crippen LogP contribution in [0.2, 0.25) is 0 Å². The lowest BCUT2D eigenvalue weighted by Crippen LogP contribution is -2.05. The van der Waals surface area contributed by atoms with E-state index in [1.54, 1.807) is 6.92 Å². The third-order valence-electron chi connectivity index (χ3n) is 1.33. The number of nitrogens with zero attached hydrogens (tertiary/aromatic N) is 1. The predicted molar refractivity (Wildman–Crippen MR) is 52.0 cm³/mol. The molecule has 0 N–H and O–H groups in total. The van der Waals surface area contributed by atoms with Gasteiger partial charge in [0.05, 0.1) is 6.61 Å². The lowest BCUT2D eigenvalue weighted by atomic mass is 10.3. The summed E-state index contributed by atoms with van der Waals surface area (Å²) in [6.07, 6.45) is 3.21. The Labute approximate surface area is 80.0 Å². The SMILES string of the molecule is C#N.C=C(C)C(=O)OCCCCC. The fourth-order valence-electron chi connectivity index (χ4n) is 0.640. The van der Waals surface area contributed by atoms with Gasteiger partial charge in [0.1, 0.15) is 0 Å². The first-order chi connectivity index (χ1) is 6.18. The summed E-state index contributed by atoms with van der Waals surface area (Å²) in [5, 5.41) is 6.50. The number of esters is 1. The van der Waals surface area contributed by atoms with Crippen molar-refractivity contribution in [2.45, 2.75) is 33.1 Å². The number of nitriles is 1. The molecular formula is C10H17NO2. The summed E-state index contributed by atoms with van der Waals surface area (Å²) < 4.78 is 4.87. The maximum atomic E-state index is 10.8.